The van der Waals surface area contributed by atoms with Crippen LogP contribution >= 0.6 is 15.9 Å². The quantitative estimate of drug-likeness (QED) is 0.946. The van der Waals surface area contributed by atoms with Crippen LogP contribution in [0.5, 0.6) is 0 Å². The van der Waals surface area contributed by atoms with Crippen molar-refractivity contribution < 1.29 is 0 Å². The Hall–Kier alpha value is -1.26. The molecule has 0 aliphatic carbocycles. The summed E-state index contributed by atoms with van der Waals surface area (Å²) in [6, 6.07) is 10.1. The lowest BCUT2D eigenvalue weighted by molar-refractivity contribution is 0.755. The molecule has 1 aromatic heterocycles. The summed E-state index contributed by atoms with van der Waals surface area (Å²) in [6.07, 6.45) is 1.67. The lowest BCUT2D eigenvalue weighted by atomic mass is 9.92. The maximum atomic E-state index is 5.87. The zero-order chi connectivity index (χ0) is 12.3. The number of hydrogen-bond acceptors (Lipinski definition) is 3. The van der Waals surface area contributed by atoms with Crippen molar-refractivity contribution in [2.45, 2.75) is 12.8 Å². The van der Waals surface area contributed by atoms with Gasteiger partial charge >= 0.3 is 0 Å². The van der Waals surface area contributed by atoms with Crippen molar-refractivity contribution in [1.82, 2.24) is 10.2 Å². The maximum Gasteiger partial charge on any atom is 0.0718 e. The van der Waals surface area contributed by atoms with Gasteiger partial charge < -0.3 is 5.73 Å². The van der Waals surface area contributed by atoms with Crippen molar-refractivity contribution in [3.8, 4) is 0 Å². The van der Waals surface area contributed by atoms with Gasteiger partial charge in [0.05, 0.1) is 5.69 Å². The normalized spacial score (nSPS) is 12.4. The van der Waals surface area contributed by atoms with E-state index in [-0.39, 0.29) is 5.92 Å². The molecule has 4 heteroatoms. The Morgan fingerprint density at radius 1 is 1.35 bits per heavy atom. The van der Waals surface area contributed by atoms with Gasteiger partial charge in [0, 0.05) is 23.1 Å². The van der Waals surface area contributed by atoms with Crippen molar-refractivity contribution in [2.24, 2.45) is 5.73 Å². The zero-order valence-corrected chi connectivity index (χ0v) is 11.2. The lowest BCUT2D eigenvalue weighted by Gasteiger charge is -2.16. The van der Waals surface area contributed by atoms with Gasteiger partial charge in [-0.1, -0.05) is 22.0 Å². The van der Waals surface area contributed by atoms with Crippen LogP contribution in [-0.2, 0) is 0 Å². The first kappa shape index (κ1) is 12.2. The summed E-state index contributed by atoms with van der Waals surface area (Å²) in [5.74, 6) is 0.0983. The molecule has 0 aliphatic rings. The van der Waals surface area contributed by atoms with E-state index in [4.69, 9.17) is 5.73 Å². The molecule has 0 saturated heterocycles. The third-order valence-electron chi connectivity index (χ3n) is 2.80. The van der Waals surface area contributed by atoms with E-state index in [1.807, 2.05) is 18.2 Å². The third kappa shape index (κ3) is 2.70. The van der Waals surface area contributed by atoms with E-state index in [1.54, 1.807) is 6.20 Å². The summed E-state index contributed by atoms with van der Waals surface area (Å²) in [5.41, 5.74) is 9.20. The first-order valence-electron chi connectivity index (χ1n) is 5.46. The first-order valence-corrected chi connectivity index (χ1v) is 6.25. The van der Waals surface area contributed by atoms with E-state index < -0.39 is 0 Å². The standard InChI is InChI=1S/C13H14BrN3/c1-9-4-5-10(14)7-11(9)12(8-15)13-3-2-6-16-17-13/h2-7,12H,8,15H2,1H3. The van der Waals surface area contributed by atoms with Crippen LogP contribution in [0.1, 0.15) is 22.7 Å². The highest BCUT2D eigenvalue weighted by atomic mass is 79.9. The first-order chi connectivity index (χ1) is 8.22. The van der Waals surface area contributed by atoms with Gasteiger partial charge in [0.25, 0.3) is 0 Å². The molecule has 0 saturated carbocycles. The van der Waals surface area contributed by atoms with Crippen LogP contribution in [0, 0.1) is 6.92 Å². The minimum Gasteiger partial charge on any atom is -0.329 e. The maximum absolute atomic E-state index is 5.87. The monoisotopic (exact) mass is 291 g/mol. The highest BCUT2D eigenvalue weighted by Crippen LogP contribution is 2.27. The number of rotatable bonds is 3. The predicted octanol–water partition coefficient (Wildman–Crippen LogP) is 2.64. The Balaban J connectivity index is 2.46. The van der Waals surface area contributed by atoms with Crippen LogP contribution in [0.2, 0.25) is 0 Å². The number of aryl methyl sites for hydroxylation is 1. The van der Waals surface area contributed by atoms with Crippen molar-refractivity contribution in [2.75, 3.05) is 6.54 Å². The molecule has 3 nitrogen and oxygen atoms in total. The molecule has 0 radical (unpaired) electrons. The Morgan fingerprint density at radius 3 is 2.82 bits per heavy atom. The topological polar surface area (TPSA) is 51.8 Å². The van der Waals surface area contributed by atoms with Gasteiger partial charge in [0.15, 0.2) is 0 Å². The van der Waals surface area contributed by atoms with E-state index in [0.717, 1.165) is 10.2 Å². The molecular weight excluding hydrogens is 278 g/mol. The minimum absolute atomic E-state index is 0.0983. The van der Waals surface area contributed by atoms with Crippen molar-refractivity contribution in [1.29, 1.82) is 0 Å². The molecule has 1 unspecified atom stereocenters. The van der Waals surface area contributed by atoms with E-state index in [0.29, 0.717) is 6.54 Å². The molecule has 2 N–H and O–H groups in total. The average Bonchev–Trinajstić information content (AvgIpc) is 2.36. The predicted molar refractivity (Wildman–Crippen MR) is 71.8 cm³/mol. The second-order valence-corrected chi connectivity index (χ2v) is 4.85. The van der Waals surface area contributed by atoms with E-state index in [9.17, 15) is 0 Å². The molecule has 2 rings (SSSR count). The Bertz CT molecular complexity index is 499. The molecular formula is C13H14BrN3. The molecule has 88 valence electrons. The van der Waals surface area contributed by atoms with Gasteiger partial charge in [-0.15, -0.1) is 0 Å². The third-order valence-corrected chi connectivity index (χ3v) is 3.30. The fourth-order valence-electron chi connectivity index (χ4n) is 1.89. The lowest BCUT2D eigenvalue weighted by Crippen LogP contribution is -2.16. The van der Waals surface area contributed by atoms with Crippen molar-refractivity contribution in [3.63, 3.8) is 0 Å². The van der Waals surface area contributed by atoms with Crippen LogP contribution < -0.4 is 5.73 Å². The molecule has 1 aromatic carbocycles. The minimum atomic E-state index is 0.0983. The van der Waals surface area contributed by atoms with E-state index in [2.05, 4.69) is 45.2 Å². The van der Waals surface area contributed by atoms with E-state index in [1.165, 1.54) is 11.1 Å². The highest BCUT2D eigenvalue weighted by molar-refractivity contribution is 9.10. The summed E-state index contributed by atoms with van der Waals surface area (Å²) >= 11 is 3.49. The molecule has 1 atom stereocenters. The molecule has 17 heavy (non-hydrogen) atoms. The van der Waals surface area contributed by atoms with Gasteiger partial charge in [0.2, 0.25) is 0 Å². The van der Waals surface area contributed by atoms with Gasteiger partial charge in [0.1, 0.15) is 0 Å². The molecule has 0 fully saturated rings. The van der Waals surface area contributed by atoms with Gasteiger partial charge in [-0.3, -0.25) is 0 Å². The number of benzene rings is 1. The summed E-state index contributed by atoms with van der Waals surface area (Å²) < 4.78 is 1.06. The molecule has 1 heterocycles. The summed E-state index contributed by atoms with van der Waals surface area (Å²) in [5, 5.41) is 8.07. The van der Waals surface area contributed by atoms with Crippen LogP contribution in [0.4, 0.5) is 0 Å². The Morgan fingerprint density at radius 2 is 2.18 bits per heavy atom. The number of aromatic nitrogens is 2. The smallest absolute Gasteiger partial charge is 0.0718 e. The molecule has 2 aromatic rings. The molecule has 0 aliphatic heterocycles. The Labute approximate surface area is 109 Å². The van der Waals surface area contributed by atoms with Crippen LogP contribution in [0.15, 0.2) is 41.0 Å². The summed E-state index contributed by atoms with van der Waals surface area (Å²) in [7, 11) is 0. The zero-order valence-electron chi connectivity index (χ0n) is 9.60. The SMILES string of the molecule is Cc1ccc(Br)cc1C(CN)c1cccnn1. The van der Waals surface area contributed by atoms with Gasteiger partial charge in [-0.2, -0.15) is 10.2 Å². The Kier molecular flexibility index (Phi) is 3.86. The number of nitrogens with two attached hydrogens (primary N) is 1. The molecule has 0 bridgehead atoms. The fraction of sp³-hybridized carbons (Fsp3) is 0.231. The van der Waals surface area contributed by atoms with Gasteiger partial charge in [-0.25, -0.2) is 0 Å². The van der Waals surface area contributed by atoms with E-state index >= 15 is 0 Å². The number of halogens is 1. The van der Waals surface area contributed by atoms with Crippen molar-refractivity contribution >= 4 is 15.9 Å². The largest absolute Gasteiger partial charge is 0.329 e. The van der Waals surface area contributed by atoms with Crippen molar-refractivity contribution in [3.05, 3.63) is 57.8 Å². The number of nitrogens with zero attached hydrogens (tertiary/aromatic N) is 2. The molecule has 0 spiro atoms. The average molecular weight is 292 g/mol. The second-order valence-electron chi connectivity index (χ2n) is 3.94. The van der Waals surface area contributed by atoms with Gasteiger partial charge in [-0.05, 0) is 42.3 Å². The van der Waals surface area contributed by atoms with Crippen LogP contribution in [0.25, 0.3) is 0 Å². The summed E-state index contributed by atoms with van der Waals surface area (Å²) in [4.78, 5) is 0. The summed E-state index contributed by atoms with van der Waals surface area (Å²) in [6.45, 7) is 2.61. The van der Waals surface area contributed by atoms with Crippen LogP contribution in [-0.4, -0.2) is 16.7 Å². The highest BCUT2D eigenvalue weighted by Gasteiger charge is 2.16. The number of hydrogen-bond donors (Lipinski definition) is 1. The second kappa shape index (κ2) is 5.38. The molecule has 0 amide bonds. The fourth-order valence-corrected chi connectivity index (χ4v) is 2.27. The van der Waals surface area contributed by atoms with Crippen LogP contribution in [0.3, 0.4) is 0 Å².